The van der Waals surface area contributed by atoms with Crippen LogP contribution in [0.5, 0.6) is 0 Å². The van der Waals surface area contributed by atoms with Crippen LogP contribution in [0.3, 0.4) is 0 Å². The lowest BCUT2D eigenvalue weighted by molar-refractivity contribution is -0.890. The van der Waals surface area contributed by atoms with Crippen LogP contribution in [0.4, 0.5) is 11.5 Å². The molecule has 2 aliphatic heterocycles. The van der Waals surface area contributed by atoms with Crippen LogP contribution in [-0.2, 0) is 0 Å². The molecule has 0 bridgehead atoms. The Labute approximate surface area is 171 Å². The van der Waals surface area contributed by atoms with Crippen molar-refractivity contribution in [2.24, 2.45) is 15.7 Å². The molecule has 5 rings (SSSR count). The van der Waals surface area contributed by atoms with Gasteiger partial charge in [0.1, 0.15) is 11.4 Å². The third-order valence-corrected chi connectivity index (χ3v) is 6.11. The lowest BCUT2D eigenvalue weighted by Gasteiger charge is -2.39. The number of aromatic nitrogens is 2. The molecule has 4 heterocycles. The molecule has 7 heteroatoms. The zero-order chi connectivity index (χ0) is 20.0. The molecule has 0 spiro atoms. The van der Waals surface area contributed by atoms with E-state index in [-0.39, 0.29) is 0 Å². The van der Waals surface area contributed by atoms with Gasteiger partial charge in [-0.3, -0.25) is 4.99 Å². The third kappa shape index (κ3) is 3.25. The number of rotatable bonds is 2. The topological polar surface area (TPSA) is 71.3 Å². The molecule has 0 amide bonds. The molecule has 0 aromatic carbocycles. The van der Waals surface area contributed by atoms with Gasteiger partial charge in [0.15, 0.2) is 5.82 Å². The molecule has 1 saturated heterocycles. The average molecular weight is 391 g/mol. The number of piperazine rings is 1. The Hall–Kier alpha value is -2.93. The molecule has 2 N–H and O–H groups in total. The normalized spacial score (nSPS) is 22.9. The Balaban J connectivity index is 1.63. The first-order valence-corrected chi connectivity index (χ1v) is 10.4. The number of nitrogens with zero attached hydrogens (tertiary/aromatic N) is 6. The van der Waals surface area contributed by atoms with E-state index in [0.717, 1.165) is 78.5 Å². The number of hydrogen-bond acceptors (Lipinski definition) is 5. The molecular weight excluding hydrogens is 362 g/mol. The summed E-state index contributed by atoms with van der Waals surface area (Å²) in [5.41, 5.74) is 11.9. The highest BCUT2D eigenvalue weighted by molar-refractivity contribution is 6.54. The van der Waals surface area contributed by atoms with Crippen molar-refractivity contribution >= 4 is 28.4 Å². The van der Waals surface area contributed by atoms with Crippen LogP contribution >= 0.6 is 0 Å². The van der Waals surface area contributed by atoms with E-state index in [0.29, 0.717) is 5.70 Å². The average Bonchev–Trinajstić information content (AvgIpc) is 3.08. The number of allylic oxidation sites excluding steroid dienone is 4. The van der Waals surface area contributed by atoms with Crippen molar-refractivity contribution in [3.63, 3.8) is 0 Å². The fourth-order valence-corrected chi connectivity index (χ4v) is 4.22. The Kier molecular flexibility index (Phi) is 4.28. The van der Waals surface area contributed by atoms with Gasteiger partial charge in [-0.2, -0.15) is 0 Å². The van der Waals surface area contributed by atoms with Gasteiger partial charge in [0.05, 0.1) is 57.2 Å². The van der Waals surface area contributed by atoms with Gasteiger partial charge in [-0.1, -0.05) is 12.1 Å². The zero-order valence-corrected chi connectivity index (χ0v) is 17.2. The maximum atomic E-state index is 6.37. The van der Waals surface area contributed by atoms with Gasteiger partial charge in [-0.25, -0.2) is 9.51 Å². The monoisotopic (exact) mass is 390 g/mol. The molecule has 7 nitrogen and oxygen atoms in total. The number of anilines is 1. The molecule has 29 heavy (non-hydrogen) atoms. The van der Waals surface area contributed by atoms with Crippen LogP contribution in [-0.4, -0.2) is 72.3 Å². The number of pyridine rings is 1. The second kappa shape index (κ2) is 6.84. The van der Waals surface area contributed by atoms with Crippen molar-refractivity contribution < 1.29 is 4.48 Å². The highest BCUT2D eigenvalue weighted by atomic mass is 15.4. The van der Waals surface area contributed by atoms with E-state index >= 15 is 0 Å². The minimum Gasteiger partial charge on any atom is -0.397 e. The van der Waals surface area contributed by atoms with Crippen molar-refractivity contribution in [1.29, 1.82) is 0 Å². The summed E-state index contributed by atoms with van der Waals surface area (Å²) in [6, 6.07) is 6.10. The molecule has 2 aromatic heterocycles. The second-order valence-corrected chi connectivity index (χ2v) is 8.68. The molecule has 2 aromatic rings. The van der Waals surface area contributed by atoms with E-state index in [2.05, 4.69) is 31.1 Å². The molecule has 1 fully saturated rings. The van der Waals surface area contributed by atoms with Crippen molar-refractivity contribution in [2.45, 2.75) is 12.8 Å². The maximum Gasteiger partial charge on any atom is 0.178 e. The quantitative estimate of drug-likeness (QED) is 0.632. The van der Waals surface area contributed by atoms with Gasteiger partial charge in [-0.15, -0.1) is 5.10 Å². The Morgan fingerprint density at radius 1 is 1.14 bits per heavy atom. The van der Waals surface area contributed by atoms with Gasteiger partial charge in [0, 0.05) is 12.7 Å². The van der Waals surface area contributed by atoms with Crippen molar-refractivity contribution in [3.05, 3.63) is 47.8 Å². The Bertz CT molecular complexity index is 1070. The first-order chi connectivity index (χ1) is 14.0. The molecule has 150 valence electrons. The molecule has 0 radical (unpaired) electrons. The molecule has 1 aliphatic carbocycles. The zero-order valence-electron chi connectivity index (χ0n) is 17.2. The van der Waals surface area contributed by atoms with E-state index in [1.165, 1.54) is 5.57 Å². The number of quaternary nitrogens is 1. The Morgan fingerprint density at radius 3 is 2.79 bits per heavy atom. The summed E-state index contributed by atoms with van der Waals surface area (Å²) in [6.45, 7) is 4.94. The van der Waals surface area contributed by atoms with Crippen LogP contribution in [0, 0.1) is 0 Å². The summed E-state index contributed by atoms with van der Waals surface area (Å²) in [7, 11) is 4.56. The van der Waals surface area contributed by atoms with Gasteiger partial charge >= 0.3 is 0 Å². The molecule has 3 aliphatic rings. The van der Waals surface area contributed by atoms with Crippen LogP contribution in [0.25, 0.3) is 5.52 Å². The highest BCUT2D eigenvalue weighted by Gasteiger charge is 2.29. The van der Waals surface area contributed by atoms with Gasteiger partial charge in [0.25, 0.3) is 0 Å². The molecule has 0 unspecified atom stereocenters. The lowest BCUT2D eigenvalue weighted by atomic mass is 9.92. The first-order valence-electron chi connectivity index (χ1n) is 10.4. The third-order valence-electron chi connectivity index (χ3n) is 6.11. The predicted molar refractivity (Wildman–Crippen MR) is 118 cm³/mol. The smallest absolute Gasteiger partial charge is 0.178 e. The van der Waals surface area contributed by atoms with E-state index in [1.54, 1.807) is 0 Å². The fraction of sp³-hybridized carbons (Fsp3) is 0.409. The van der Waals surface area contributed by atoms with E-state index in [1.807, 2.05) is 28.9 Å². The number of hydrogen-bond donors (Lipinski definition) is 1. The van der Waals surface area contributed by atoms with Gasteiger partial charge in [0.2, 0.25) is 0 Å². The summed E-state index contributed by atoms with van der Waals surface area (Å²) in [5.74, 6) is 0.934. The fourth-order valence-electron chi connectivity index (χ4n) is 4.22. The van der Waals surface area contributed by atoms with Crippen molar-refractivity contribution in [2.75, 3.05) is 51.7 Å². The number of likely N-dealkylation sites (N-methyl/N-ethyl adjacent to an activating group) is 1. The van der Waals surface area contributed by atoms with Gasteiger partial charge in [-0.05, 0) is 36.6 Å². The highest BCUT2D eigenvalue weighted by Crippen LogP contribution is 2.35. The summed E-state index contributed by atoms with van der Waals surface area (Å²) >= 11 is 0. The maximum absolute atomic E-state index is 6.37. The number of fused-ring (bicyclic) bond motifs is 2. The lowest BCUT2D eigenvalue weighted by Crippen LogP contribution is -2.55. The summed E-state index contributed by atoms with van der Waals surface area (Å²) in [6.07, 6.45) is 8.15. The predicted octanol–water partition coefficient (Wildman–Crippen LogP) is 2.32. The SMILES string of the molecule is C[N+]1(C)CCN(c2nn3ccccc3c2N=C2C(N)=CC=C3CCCN=C32)CC1. The van der Waals surface area contributed by atoms with Crippen LogP contribution in [0.1, 0.15) is 12.8 Å². The minimum absolute atomic E-state index is 0.673. The van der Waals surface area contributed by atoms with Crippen LogP contribution in [0.15, 0.2) is 57.8 Å². The van der Waals surface area contributed by atoms with E-state index in [9.17, 15) is 0 Å². The van der Waals surface area contributed by atoms with Crippen LogP contribution < -0.4 is 10.6 Å². The van der Waals surface area contributed by atoms with Crippen molar-refractivity contribution in [3.8, 4) is 0 Å². The van der Waals surface area contributed by atoms with Gasteiger partial charge < -0.3 is 15.1 Å². The minimum atomic E-state index is 0.673. The summed E-state index contributed by atoms with van der Waals surface area (Å²) < 4.78 is 2.96. The largest absolute Gasteiger partial charge is 0.397 e. The first kappa shape index (κ1) is 18.1. The summed E-state index contributed by atoms with van der Waals surface area (Å²) in [4.78, 5) is 12.2. The molecular formula is C22H28N7+. The van der Waals surface area contributed by atoms with E-state index < -0.39 is 0 Å². The Morgan fingerprint density at radius 2 is 1.97 bits per heavy atom. The van der Waals surface area contributed by atoms with Crippen LogP contribution in [0.2, 0.25) is 0 Å². The standard InChI is InChI=1S/C22H28N7/c1-29(2)14-12-27(13-15-29)22-21(18-7-3-4-11-28(18)26-22)25-20-17(23)9-8-16-6-5-10-24-19(16)20/h3-4,7-9,11H,5-6,10,12-15,23H2,1-2H3/q+1. The van der Waals surface area contributed by atoms with Crippen molar-refractivity contribution in [1.82, 2.24) is 9.61 Å². The molecule has 0 saturated carbocycles. The number of aliphatic imine (C=N–C) groups is 2. The second-order valence-electron chi connectivity index (χ2n) is 8.68. The number of nitrogens with two attached hydrogens (primary N) is 1. The summed E-state index contributed by atoms with van der Waals surface area (Å²) in [5, 5.41) is 4.89. The molecule has 0 atom stereocenters. The van der Waals surface area contributed by atoms with E-state index in [4.69, 9.17) is 20.8 Å².